The monoisotopic (exact) mass is 331 g/mol. The summed E-state index contributed by atoms with van der Waals surface area (Å²) < 4.78 is 5.28. The SMILES string of the molecule is CC(C)c1cccc(C(C)C)c1NC(=O)CSCc1ccco1. The average molecular weight is 331 g/mol. The molecule has 0 aliphatic carbocycles. The Morgan fingerprint density at radius 3 is 2.26 bits per heavy atom. The molecule has 2 rings (SSSR count). The highest BCUT2D eigenvalue weighted by atomic mass is 32.2. The van der Waals surface area contributed by atoms with Gasteiger partial charge in [-0.15, -0.1) is 11.8 Å². The first-order chi connectivity index (χ1) is 11.0. The molecule has 1 amide bonds. The molecule has 1 heterocycles. The van der Waals surface area contributed by atoms with Crippen LogP contribution < -0.4 is 5.32 Å². The number of anilines is 1. The molecule has 4 heteroatoms. The van der Waals surface area contributed by atoms with Gasteiger partial charge in [0.05, 0.1) is 17.8 Å². The van der Waals surface area contributed by atoms with E-state index >= 15 is 0 Å². The number of thioether (sulfide) groups is 1. The van der Waals surface area contributed by atoms with Crippen LogP contribution in [0.3, 0.4) is 0 Å². The second kappa shape index (κ2) is 8.25. The van der Waals surface area contributed by atoms with E-state index in [0.717, 1.165) is 11.4 Å². The molecule has 0 unspecified atom stereocenters. The van der Waals surface area contributed by atoms with Crippen LogP contribution in [0.4, 0.5) is 5.69 Å². The third-order valence-electron chi connectivity index (χ3n) is 3.69. The predicted molar refractivity (Wildman–Crippen MR) is 98.1 cm³/mol. The number of carbonyl (C=O) groups is 1. The molecule has 3 nitrogen and oxygen atoms in total. The van der Waals surface area contributed by atoms with Crippen molar-refractivity contribution in [3.63, 3.8) is 0 Å². The Kier molecular flexibility index (Phi) is 6.34. The van der Waals surface area contributed by atoms with E-state index in [2.05, 4.69) is 51.2 Å². The molecular weight excluding hydrogens is 306 g/mol. The fourth-order valence-electron chi connectivity index (χ4n) is 2.51. The molecule has 0 spiro atoms. The lowest BCUT2D eigenvalue weighted by molar-refractivity contribution is -0.113. The number of hydrogen-bond acceptors (Lipinski definition) is 3. The molecule has 0 saturated heterocycles. The van der Waals surface area contributed by atoms with Crippen molar-refractivity contribution < 1.29 is 9.21 Å². The van der Waals surface area contributed by atoms with Crippen molar-refractivity contribution in [3.8, 4) is 0 Å². The van der Waals surface area contributed by atoms with Gasteiger partial charge < -0.3 is 9.73 Å². The van der Waals surface area contributed by atoms with E-state index in [1.54, 1.807) is 18.0 Å². The van der Waals surface area contributed by atoms with Gasteiger partial charge in [-0.25, -0.2) is 0 Å². The van der Waals surface area contributed by atoms with Crippen molar-refractivity contribution in [3.05, 3.63) is 53.5 Å². The minimum absolute atomic E-state index is 0.0385. The van der Waals surface area contributed by atoms with Crippen LogP contribution in [0.1, 0.15) is 56.4 Å². The molecule has 0 bridgehead atoms. The Hall–Kier alpha value is -1.68. The maximum absolute atomic E-state index is 12.3. The summed E-state index contributed by atoms with van der Waals surface area (Å²) in [6, 6.07) is 10.1. The second-order valence-corrected chi connectivity index (χ2v) is 7.23. The van der Waals surface area contributed by atoms with Gasteiger partial charge in [0.1, 0.15) is 5.76 Å². The van der Waals surface area contributed by atoms with Gasteiger partial charge in [-0.1, -0.05) is 45.9 Å². The summed E-state index contributed by atoms with van der Waals surface area (Å²) in [5.74, 6) is 2.82. The molecule has 1 aromatic heterocycles. The first kappa shape index (κ1) is 17.7. The van der Waals surface area contributed by atoms with Crippen LogP contribution in [0.2, 0.25) is 0 Å². The molecule has 0 saturated carbocycles. The molecule has 0 aliphatic heterocycles. The van der Waals surface area contributed by atoms with E-state index in [1.807, 2.05) is 12.1 Å². The summed E-state index contributed by atoms with van der Waals surface area (Å²) in [6.45, 7) is 8.61. The first-order valence-corrected chi connectivity index (χ1v) is 9.17. The number of rotatable bonds is 7. The predicted octanol–water partition coefficient (Wildman–Crippen LogP) is 5.40. The van der Waals surface area contributed by atoms with Crippen molar-refractivity contribution in [2.75, 3.05) is 11.1 Å². The molecule has 1 aromatic carbocycles. The highest BCUT2D eigenvalue weighted by molar-refractivity contribution is 7.99. The Bertz CT molecular complexity index is 607. The van der Waals surface area contributed by atoms with Crippen LogP contribution in [0.25, 0.3) is 0 Å². The van der Waals surface area contributed by atoms with Gasteiger partial charge in [-0.3, -0.25) is 4.79 Å². The Labute approximate surface area is 142 Å². The lowest BCUT2D eigenvalue weighted by Crippen LogP contribution is -2.17. The Morgan fingerprint density at radius 2 is 1.74 bits per heavy atom. The minimum atomic E-state index is 0.0385. The number of para-hydroxylation sites is 1. The molecule has 0 radical (unpaired) electrons. The van der Waals surface area contributed by atoms with Crippen molar-refractivity contribution in [2.24, 2.45) is 0 Å². The molecule has 23 heavy (non-hydrogen) atoms. The highest BCUT2D eigenvalue weighted by Crippen LogP contribution is 2.32. The zero-order valence-corrected chi connectivity index (χ0v) is 15.1. The molecular formula is C19H25NO2S. The van der Waals surface area contributed by atoms with Crippen molar-refractivity contribution in [1.82, 2.24) is 0 Å². The summed E-state index contributed by atoms with van der Waals surface area (Å²) in [4.78, 5) is 12.3. The normalized spacial score (nSPS) is 11.2. The summed E-state index contributed by atoms with van der Waals surface area (Å²) >= 11 is 1.56. The third-order valence-corrected chi connectivity index (χ3v) is 4.65. The zero-order valence-electron chi connectivity index (χ0n) is 14.3. The number of nitrogens with one attached hydrogen (secondary N) is 1. The van der Waals surface area contributed by atoms with Crippen LogP contribution in [-0.2, 0) is 10.5 Å². The summed E-state index contributed by atoms with van der Waals surface area (Å²) in [7, 11) is 0. The van der Waals surface area contributed by atoms with Gasteiger partial charge in [-0.05, 0) is 35.1 Å². The zero-order chi connectivity index (χ0) is 16.8. The standard InChI is InChI=1S/C19H25NO2S/c1-13(2)16-8-5-9-17(14(3)4)19(16)20-18(21)12-23-11-15-7-6-10-22-15/h5-10,13-14H,11-12H2,1-4H3,(H,20,21). The third kappa shape index (κ3) is 4.90. The quantitative estimate of drug-likeness (QED) is 0.739. The average Bonchev–Trinajstić information content (AvgIpc) is 3.00. The number of amides is 1. The molecule has 2 aromatic rings. The van der Waals surface area contributed by atoms with Crippen molar-refractivity contribution in [2.45, 2.75) is 45.3 Å². The lowest BCUT2D eigenvalue weighted by atomic mass is 9.92. The Morgan fingerprint density at radius 1 is 1.09 bits per heavy atom. The van der Waals surface area contributed by atoms with Gasteiger partial charge in [-0.2, -0.15) is 0 Å². The number of benzene rings is 1. The van der Waals surface area contributed by atoms with E-state index in [1.165, 1.54) is 11.1 Å². The molecule has 124 valence electrons. The van der Waals surface area contributed by atoms with Gasteiger partial charge >= 0.3 is 0 Å². The van der Waals surface area contributed by atoms with Crippen LogP contribution in [0, 0.1) is 0 Å². The van der Waals surface area contributed by atoms with Gasteiger partial charge in [0.25, 0.3) is 0 Å². The van der Waals surface area contributed by atoms with Crippen LogP contribution in [0.5, 0.6) is 0 Å². The largest absolute Gasteiger partial charge is 0.468 e. The van der Waals surface area contributed by atoms with E-state index in [9.17, 15) is 4.79 Å². The fraction of sp³-hybridized carbons (Fsp3) is 0.421. The molecule has 1 N–H and O–H groups in total. The first-order valence-electron chi connectivity index (χ1n) is 8.01. The lowest BCUT2D eigenvalue weighted by Gasteiger charge is -2.20. The van der Waals surface area contributed by atoms with Gasteiger partial charge in [0, 0.05) is 5.69 Å². The maximum atomic E-state index is 12.3. The van der Waals surface area contributed by atoms with Gasteiger partial charge in [0.15, 0.2) is 0 Å². The Balaban J connectivity index is 2.04. The van der Waals surface area contributed by atoms with Crippen molar-refractivity contribution >= 4 is 23.4 Å². The van der Waals surface area contributed by atoms with Crippen LogP contribution in [-0.4, -0.2) is 11.7 Å². The number of furan rings is 1. The summed E-state index contributed by atoms with van der Waals surface area (Å²) in [5, 5.41) is 3.13. The maximum Gasteiger partial charge on any atom is 0.234 e. The second-order valence-electron chi connectivity index (χ2n) is 6.24. The van der Waals surface area contributed by atoms with E-state index in [0.29, 0.717) is 23.3 Å². The number of carbonyl (C=O) groups excluding carboxylic acids is 1. The smallest absolute Gasteiger partial charge is 0.234 e. The molecule has 0 atom stereocenters. The van der Waals surface area contributed by atoms with E-state index in [4.69, 9.17) is 4.42 Å². The highest BCUT2D eigenvalue weighted by Gasteiger charge is 2.15. The van der Waals surface area contributed by atoms with E-state index in [-0.39, 0.29) is 5.91 Å². The van der Waals surface area contributed by atoms with E-state index < -0.39 is 0 Å². The van der Waals surface area contributed by atoms with Crippen molar-refractivity contribution in [1.29, 1.82) is 0 Å². The molecule has 0 aliphatic rings. The minimum Gasteiger partial charge on any atom is -0.468 e. The molecule has 0 fully saturated rings. The summed E-state index contributed by atoms with van der Waals surface area (Å²) in [6.07, 6.45) is 1.66. The number of hydrogen-bond donors (Lipinski definition) is 1. The summed E-state index contributed by atoms with van der Waals surface area (Å²) in [5.41, 5.74) is 3.38. The van der Waals surface area contributed by atoms with Crippen LogP contribution >= 0.6 is 11.8 Å². The topological polar surface area (TPSA) is 42.2 Å². The van der Waals surface area contributed by atoms with Crippen LogP contribution in [0.15, 0.2) is 41.0 Å². The fourth-order valence-corrected chi connectivity index (χ4v) is 3.23. The van der Waals surface area contributed by atoms with Gasteiger partial charge in [0.2, 0.25) is 5.91 Å².